The largest absolute Gasteiger partial charge is 0.396 e. The first-order valence-electron chi connectivity index (χ1n) is 4.07. The third-order valence-electron chi connectivity index (χ3n) is 1.32. The standard InChI is InChI=1S/C8H13NO5/c1-5(11)9-7(3-4-10)8(13)14-6(2)12/h7,10H,3-4H2,1-2H3,(H,9,11)/t7-/m0/s1. The molecular formula is C8H13NO5. The zero-order chi connectivity index (χ0) is 11.1. The number of carbonyl (C=O) groups is 3. The summed E-state index contributed by atoms with van der Waals surface area (Å²) in [6.45, 7) is 2.03. The number of esters is 2. The number of amides is 1. The summed E-state index contributed by atoms with van der Waals surface area (Å²) in [7, 11) is 0. The predicted octanol–water partition coefficient (Wildman–Crippen LogP) is -1.04. The molecule has 1 atom stereocenters. The van der Waals surface area contributed by atoms with Gasteiger partial charge in [0.05, 0.1) is 0 Å². The van der Waals surface area contributed by atoms with Crippen LogP contribution in [0.25, 0.3) is 0 Å². The van der Waals surface area contributed by atoms with Crippen molar-refractivity contribution in [2.45, 2.75) is 26.3 Å². The van der Waals surface area contributed by atoms with Crippen LogP contribution in [-0.4, -0.2) is 35.6 Å². The van der Waals surface area contributed by atoms with Crippen LogP contribution in [0.2, 0.25) is 0 Å². The molecule has 0 aromatic heterocycles. The molecule has 0 aliphatic rings. The molecule has 6 heteroatoms. The monoisotopic (exact) mass is 203 g/mol. The van der Waals surface area contributed by atoms with Crippen LogP contribution in [0.15, 0.2) is 0 Å². The second-order valence-corrected chi connectivity index (χ2v) is 2.68. The van der Waals surface area contributed by atoms with E-state index in [0.29, 0.717) is 0 Å². The van der Waals surface area contributed by atoms with Crippen molar-refractivity contribution in [2.24, 2.45) is 0 Å². The van der Waals surface area contributed by atoms with Crippen LogP contribution in [-0.2, 0) is 19.1 Å². The molecule has 0 unspecified atom stereocenters. The Morgan fingerprint density at radius 2 is 1.93 bits per heavy atom. The van der Waals surface area contributed by atoms with Gasteiger partial charge >= 0.3 is 11.9 Å². The van der Waals surface area contributed by atoms with Crippen molar-refractivity contribution in [3.05, 3.63) is 0 Å². The van der Waals surface area contributed by atoms with E-state index in [9.17, 15) is 14.4 Å². The fraction of sp³-hybridized carbons (Fsp3) is 0.625. The lowest BCUT2D eigenvalue weighted by atomic mass is 10.2. The molecule has 14 heavy (non-hydrogen) atoms. The van der Waals surface area contributed by atoms with Crippen LogP contribution in [0.4, 0.5) is 0 Å². The number of aliphatic hydroxyl groups is 1. The van der Waals surface area contributed by atoms with Gasteiger partial charge in [-0.25, -0.2) is 4.79 Å². The van der Waals surface area contributed by atoms with Gasteiger partial charge in [0.2, 0.25) is 5.91 Å². The minimum Gasteiger partial charge on any atom is -0.396 e. The number of hydrogen-bond donors (Lipinski definition) is 2. The average Bonchev–Trinajstić information content (AvgIpc) is 2.01. The summed E-state index contributed by atoms with van der Waals surface area (Å²) < 4.78 is 4.26. The van der Waals surface area contributed by atoms with Crippen molar-refractivity contribution in [2.75, 3.05) is 6.61 Å². The summed E-state index contributed by atoms with van der Waals surface area (Å²) >= 11 is 0. The van der Waals surface area contributed by atoms with Crippen molar-refractivity contribution in [3.63, 3.8) is 0 Å². The Morgan fingerprint density at radius 3 is 2.29 bits per heavy atom. The van der Waals surface area contributed by atoms with E-state index >= 15 is 0 Å². The van der Waals surface area contributed by atoms with Crippen molar-refractivity contribution in [1.29, 1.82) is 0 Å². The lowest BCUT2D eigenvalue weighted by Gasteiger charge is -2.13. The van der Waals surface area contributed by atoms with Crippen LogP contribution in [0.5, 0.6) is 0 Å². The van der Waals surface area contributed by atoms with Crippen molar-refractivity contribution >= 4 is 17.8 Å². The van der Waals surface area contributed by atoms with E-state index in [1.807, 2.05) is 0 Å². The number of ether oxygens (including phenoxy) is 1. The van der Waals surface area contributed by atoms with Crippen molar-refractivity contribution < 1.29 is 24.2 Å². The molecule has 2 N–H and O–H groups in total. The Kier molecular flexibility index (Phi) is 5.47. The number of nitrogens with one attached hydrogen (secondary N) is 1. The molecule has 0 aliphatic carbocycles. The van der Waals surface area contributed by atoms with Gasteiger partial charge in [-0.2, -0.15) is 0 Å². The van der Waals surface area contributed by atoms with Gasteiger partial charge in [0.15, 0.2) is 0 Å². The van der Waals surface area contributed by atoms with Gasteiger partial charge in [0, 0.05) is 26.9 Å². The summed E-state index contributed by atoms with van der Waals surface area (Å²) in [4.78, 5) is 32.2. The maximum Gasteiger partial charge on any atom is 0.336 e. The van der Waals surface area contributed by atoms with Gasteiger partial charge in [0.1, 0.15) is 6.04 Å². The van der Waals surface area contributed by atoms with Crippen molar-refractivity contribution in [3.8, 4) is 0 Å². The molecule has 0 aromatic rings. The van der Waals surface area contributed by atoms with Gasteiger partial charge < -0.3 is 15.2 Å². The van der Waals surface area contributed by atoms with E-state index in [4.69, 9.17) is 5.11 Å². The number of rotatable bonds is 4. The summed E-state index contributed by atoms with van der Waals surface area (Å²) in [5, 5.41) is 10.8. The number of aliphatic hydroxyl groups excluding tert-OH is 1. The highest BCUT2D eigenvalue weighted by atomic mass is 16.6. The molecule has 0 saturated carbocycles. The zero-order valence-corrected chi connectivity index (χ0v) is 8.07. The van der Waals surface area contributed by atoms with Crippen LogP contribution >= 0.6 is 0 Å². The van der Waals surface area contributed by atoms with E-state index in [1.54, 1.807) is 0 Å². The van der Waals surface area contributed by atoms with Crippen LogP contribution < -0.4 is 5.32 Å². The quantitative estimate of drug-likeness (QED) is 0.450. The molecule has 0 fully saturated rings. The number of hydrogen-bond acceptors (Lipinski definition) is 5. The molecular weight excluding hydrogens is 190 g/mol. The topological polar surface area (TPSA) is 92.7 Å². The van der Waals surface area contributed by atoms with E-state index < -0.39 is 23.9 Å². The highest BCUT2D eigenvalue weighted by molar-refractivity contribution is 5.90. The molecule has 0 bridgehead atoms. The third-order valence-corrected chi connectivity index (χ3v) is 1.32. The first kappa shape index (κ1) is 12.6. The van der Waals surface area contributed by atoms with Gasteiger partial charge in [-0.1, -0.05) is 0 Å². The fourth-order valence-corrected chi connectivity index (χ4v) is 0.836. The van der Waals surface area contributed by atoms with Crippen LogP contribution in [0, 0.1) is 0 Å². The highest BCUT2D eigenvalue weighted by Crippen LogP contribution is 1.95. The molecule has 0 rings (SSSR count). The molecule has 0 heterocycles. The molecule has 0 spiro atoms. The third kappa shape index (κ3) is 5.26. The summed E-state index contributed by atoms with van der Waals surface area (Å²) in [6, 6.07) is -0.971. The van der Waals surface area contributed by atoms with E-state index in [2.05, 4.69) is 10.1 Å². The maximum absolute atomic E-state index is 11.1. The van der Waals surface area contributed by atoms with Gasteiger partial charge in [-0.15, -0.1) is 0 Å². The second-order valence-electron chi connectivity index (χ2n) is 2.68. The van der Waals surface area contributed by atoms with E-state index in [0.717, 1.165) is 6.92 Å². The summed E-state index contributed by atoms with van der Waals surface area (Å²) in [6.07, 6.45) is 0.0195. The maximum atomic E-state index is 11.1. The normalized spacial score (nSPS) is 11.6. The molecule has 0 aromatic carbocycles. The number of carbonyl (C=O) groups excluding carboxylic acids is 3. The Hall–Kier alpha value is -1.43. The Morgan fingerprint density at radius 1 is 1.36 bits per heavy atom. The van der Waals surface area contributed by atoms with Crippen molar-refractivity contribution in [1.82, 2.24) is 5.32 Å². The van der Waals surface area contributed by atoms with E-state index in [1.165, 1.54) is 6.92 Å². The Bertz CT molecular complexity index is 238. The molecule has 0 radical (unpaired) electrons. The highest BCUT2D eigenvalue weighted by Gasteiger charge is 2.21. The zero-order valence-electron chi connectivity index (χ0n) is 8.07. The lowest BCUT2D eigenvalue weighted by molar-refractivity contribution is -0.160. The Labute approximate surface area is 81.2 Å². The van der Waals surface area contributed by atoms with Gasteiger partial charge in [0.25, 0.3) is 0 Å². The fourth-order valence-electron chi connectivity index (χ4n) is 0.836. The van der Waals surface area contributed by atoms with Crippen LogP contribution in [0.1, 0.15) is 20.3 Å². The predicted molar refractivity (Wildman–Crippen MR) is 46.1 cm³/mol. The van der Waals surface area contributed by atoms with Gasteiger partial charge in [-0.3, -0.25) is 9.59 Å². The van der Waals surface area contributed by atoms with Gasteiger partial charge in [-0.05, 0) is 0 Å². The Balaban J connectivity index is 4.24. The molecule has 0 saturated heterocycles. The SMILES string of the molecule is CC(=O)N[C@@H](CCO)C(=O)OC(C)=O. The molecule has 1 amide bonds. The molecule has 80 valence electrons. The summed E-state index contributed by atoms with van der Waals surface area (Å²) in [5.74, 6) is -2.03. The minimum absolute atomic E-state index is 0.0195. The van der Waals surface area contributed by atoms with E-state index in [-0.39, 0.29) is 13.0 Å². The first-order valence-corrected chi connectivity index (χ1v) is 4.07. The first-order chi connectivity index (χ1) is 6.47. The molecule has 0 aliphatic heterocycles. The van der Waals surface area contributed by atoms with Crippen LogP contribution in [0.3, 0.4) is 0 Å². The second kappa shape index (κ2) is 6.09. The minimum atomic E-state index is -0.971. The average molecular weight is 203 g/mol. The smallest absolute Gasteiger partial charge is 0.336 e. The molecule has 6 nitrogen and oxygen atoms in total. The summed E-state index contributed by atoms with van der Waals surface area (Å²) in [5.41, 5.74) is 0. The lowest BCUT2D eigenvalue weighted by Crippen LogP contribution is -2.41.